The number of carbonyl (C=O) groups is 1. The molecule has 30 heavy (non-hydrogen) atoms. The summed E-state index contributed by atoms with van der Waals surface area (Å²) in [7, 11) is 3.76. The second-order valence-electron chi connectivity index (χ2n) is 7.93. The van der Waals surface area contributed by atoms with E-state index in [-0.39, 0.29) is 11.8 Å². The van der Waals surface area contributed by atoms with Crippen molar-refractivity contribution in [1.29, 1.82) is 0 Å². The molecule has 160 valence electrons. The van der Waals surface area contributed by atoms with Crippen molar-refractivity contribution in [2.24, 2.45) is 0 Å². The van der Waals surface area contributed by atoms with Gasteiger partial charge in [0.05, 0.1) is 23.1 Å². The Hall–Kier alpha value is -1.95. The zero-order valence-corrected chi connectivity index (χ0v) is 18.7. The molecule has 1 amide bonds. The first-order valence-electron chi connectivity index (χ1n) is 10.3. The molecule has 0 aromatic heterocycles. The van der Waals surface area contributed by atoms with E-state index >= 15 is 0 Å². The van der Waals surface area contributed by atoms with Gasteiger partial charge in [-0.25, -0.2) is 0 Å². The largest absolute Gasteiger partial charge is 0.493 e. The Morgan fingerprint density at radius 3 is 2.57 bits per heavy atom. The normalized spacial score (nSPS) is 22.0. The van der Waals surface area contributed by atoms with Gasteiger partial charge in [0.25, 0.3) is 0 Å². The highest BCUT2D eigenvalue weighted by molar-refractivity contribution is 6.42. The zero-order valence-electron chi connectivity index (χ0n) is 17.2. The molecule has 2 unspecified atom stereocenters. The molecule has 2 aliphatic rings. The Morgan fingerprint density at radius 2 is 1.87 bits per heavy atom. The van der Waals surface area contributed by atoms with E-state index in [9.17, 15) is 4.79 Å². The van der Waals surface area contributed by atoms with Crippen LogP contribution in [0.2, 0.25) is 10.0 Å². The van der Waals surface area contributed by atoms with Crippen molar-refractivity contribution >= 4 is 34.8 Å². The van der Waals surface area contributed by atoms with E-state index in [0.29, 0.717) is 40.7 Å². The summed E-state index contributed by atoms with van der Waals surface area (Å²) in [5.41, 5.74) is 1.71. The number of hydrogen-bond donors (Lipinski definition) is 0. The first kappa shape index (κ1) is 21.3. The highest BCUT2D eigenvalue weighted by Gasteiger charge is 2.34. The summed E-state index contributed by atoms with van der Waals surface area (Å²) in [5, 5.41) is 0.963. The fourth-order valence-corrected chi connectivity index (χ4v) is 4.60. The minimum Gasteiger partial charge on any atom is -0.493 e. The molecule has 0 aliphatic carbocycles. The molecular weight excluding hydrogens is 423 g/mol. The summed E-state index contributed by atoms with van der Waals surface area (Å²) >= 11 is 12.2. The van der Waals surface area contributed by atoms with Crippen molar-refractivity contribution in [2.45, 2.75) is 31.2 Å². The van der Waals surface area contributed by atoms with Crippen molar-refractivity contribution in [3.05, 3.63) is 52.0 Å². The standard InChI is InChI=1S/C23H26Cl2N2O3/c1-26-10-3-4-17(26)14-30-22-13-16(6-8-21(22)29-2)27-11-9-18(23(27)28)15-5-7-19(24)20(25)12-15/h5-8,12-13,17-18H,3-4,9-11,14H2,1-2H3. The van der Waals surface area contributed by atoms with Crippen LogP contribution in [-0.4, -0.2) is 50.7 Å². The molecule has 4 rings (SSSR count). The van der Waals surface area contributed by atoms with Gasteiger partial charge in [0, 0.05) is 24.3 Å². The van der Waals surface area contributed by atoms with E-state index < -0.39 is 0 Å². The lowest BCUT2D eigenvalue weighted by Gasteiger charge is -2.22. The fraction of sp³-hybridized carbons (Fsp3) is 0.435. The van der Waals surface area contributed by atoms with Crippen molar-refractivity contribution in [3.8, 4) is 11.5 Å². The maximum Gasteiger partial charge on any atom is 0.234 e. The van der Waals surface area contributed by atoms with Gasteiger partial charge in [-0.15, -0.1) is 0 Å². The van der Waals surface area contributed by atoms with Gasteiger partial charge in [-0.1, -0.05) is 29.3 Å². The number of hydrogen-bond acceptors (Lipinski definition) is 4. The molecule has 2 saturated heterocycles. The summed E-state index contributed by atoms with van der Waals surface area (Å²) in [6, 6.07) is 11.5. The third kappa shape index (κ3) is 4.25. The molecule has 0 bridgehead atoms. The molecule has 2 aromatic carbocycles. The van der Waals surface area contributed by atoms with Gasteiger partial charge in [0.1, 0.15) is 6.61 Å². The molecule has 0 spiro atoms. The Bertz CT molecular complexity index is 937. The molecule has 2 aromatic rings. The second-order valence-corrected chi connectivity index (χ2v) is 8.74. The summed E-state index contributed by atoms with van der Waals surface area (Å²) in [6.07, 6.45) is 3.06. The Labute approximate surface area is 187 Å². The quantitative estimate of drug-likeness (QED) is 0.623. The number of carbonyl (C=O) groups excluding carboxylic acids is 1. The molecule has 7 heteroatoms. The molecule has 0 radical (unpaired) electrons. The van der Waals surface area contributed by atoms with Gasteiger partial charge >= 0.3 is 0 Å². The zero-order chi connectivity index (χ0) is 21.3. The number of likely N-dealkylation sites (N-methyl/N-ethyl adjacent to an activating group) is 1. The highest BCUT2D eigenvalue weighted by atomic mass is 35.5. The number of likely N-dealkylation sites (tertiary alicyclic amines) is 1. The first-order chi connectivity index (χ1) is 14.5. The number of nitrogens with zero attached hydrogens (tertiary/aromatic N) is 2. The van der Waals surface area contributed by atoms with Crippen LogP contribution in [0.3, 0.4) is 0 Å². The third-order valence-corrected chi connectivity index (χ3v) is 6.85. The Morgan fingerprint density at radius 1 is 1.03 bits per heavy atom. The van der Waals surface area contributed by atoms with E-state index in [2.05, 4.69) is 11.9 Å². The first-order valence-corrected chi connectivity index (χ1v) is 11.0. The summed E-state index contributed by atoms with van der Waals surface area (Å²) in [6.45, 7) is 2.35. The van der Waals surface area contributed by atoms with Crippen LogP contribution in [0, 0.1) is 0 Å². The number of halogens is 2. The Kier molecular flexibility index (Phi) is 6.42. The average molecular weight is 449 g/mol. The lowest BCUT2D eigenvalue weighted by Crippen LogP contribution is -2.30. The van der Waals surface area contributed by atoms with Gasteiger partial charge in [-0.2, -0.15) is 0 Å². The maximum absolute atomic E-state index is 13.1. The molecule has 0 N–H and O–H groups in total. The number of rotatable bonds is 6. The van der Waals surface area contributed by atoms with Crippen LogP contribution in [0.1, 0.15) is 30.7 Å². The predicted molar refractivity (Wildman–Crippen MR) is 120 cm³/mol. The highest BCUT2D eigenvalue weighted by Crippen LogP contribution is 2.38. The molecule has 2 fully saturated rings. The van der Waals surface area contributed by atoms with Crippen LogP contribution in [0.4, 0.5) is 5.69 Å². The van der Waals surface area contributed by atoms with E-state index in [1.807, 2.05) is 24.3 Å². The minimum atomic E-state index is -0.224. The molecule has 2 heterocycles. The van der Waals surface area contributed by atoms with Crippen LogP contribution in [-0.2, 0) is 4.79 Å². The van der Waals surface area contributed by atoms with Crippen molar-refractivity contribution in [1.82, 2.24) is 4.90 Å². The number of amides is 1. The topological polar surface area (TPSA) is 42.0 Å². The monoisotopic (exact) mass is 448 g/mol. The molecule has 2 atom stereocenters. The van der Waals surface area contributed by atoms with Gasteiger partial charge in [-0.3, -0.25) is 4.79 Å². The van der Waals surface area contributed by atoms with Gasteiger partial charge < -0.3 is 19.3 Å². The summed E-state index contributed by atoms with van der Waals surface area (Å²) in [5.74, 6) is 1.17. The maximum atomic E-state index is 13.1. The SMILES string of the molecule is COc1ccc(N2CCC(c3ccc(Cl)c(Cl)c3)C2=O)cc1OCC1CCCN1C. The predicted octanol–water partition coefficient (Wildman–Crippen LogP) is 5.00. The summed E-state index contributed by atoms with van der Waals surface area (Å²) in [4.78, 5) is 17.3. The number of methoxy groups -OCH3 is 1. The second kappa shape index (κ2) is 9.04. The number of benzene rings is 2. The van der Waals surface area contributed by atoms with Crippen molar-refractivity contribution in [3.63, 3.8) is 0 Å². The van der Waals surface area contributed by atoms with Gasteiger partial charge in [0.2, 0.25) is 5.91 Å². The van der Waals surface area contributed by atoms with Crippen LogP contribution in [0.15, 0.2) is 36.4 Å². The van der Waals surface area contributed by atoms with Gasteiger partial charge in [-0.05, 0) is 62.7 Å². The van der Waals surface area contributed by atoms with Crippen LogP contribution >= 0.6 is 23.2 Å². The fourth-order valence-electron chi connectivity index (χ4n) is 4.30. The van der Waals surface area contributed by atoms with E-state index in [0.717, 1.165) is 30.6 Å². The van der Waals surface area contributed by atoms with Gasteiger partial charge in [0.15, 0.2) is 11.5 Å². The third-order valence-electron chi connectivity index (χ3n) is 6.11. The van der Waals surface area contributed by atoms with Crippen molar-refractivity contribution in [2.75, 3.05) is 38.8 Å². The van der Waals surface area contributed by atoms with E-state index in [1.165, 1.54) is 6.42 Å². The van der Waals surface area contributed by atoms with E-state index in [1.54, 1.807) is 24.1 Å². The minimum absolute atomic E-state index is 0.0556. The molecule has 0 saturated carbocycles. The van der Waals surface area contributed by atoms with Crippen LogP contribution in [0.5, 0.6) is 11.5 Å². The number of anilines is 1. The lowest BCUT2D eigenvalue weighted by molar-refractivity contribution is -0.118. The summed E-state index contributed by atoms with van der Waals surface area (Å²) < 4.78 is 11.6. The van der Waals surface area contributed by atoms with Crippen LogP contribution in [0.25, 0.3) is 0 Å². The lowest BCUT2D eigenvalue weighted by atomic mass is 9.98. The van der Waals surface area contributed by atoms with Crippen LogP contribution < -0.4 is 14.4 Å². The number of ether oxygens (including phenoxy) is 2. The van der Waals surface area contributed by atoms with Crippen molar-refractivity contribution < 1.29 is 14.3 Å². The average Bonchev–Trinajstić information content (AvgIpc) is 3.33. The molecule has 5 nitrogen and oxygen atoms in total. The molecular formula is C23H26Cl2N2O3. The Balaban J connectivity index is 1.52. The molecule has 2 aliphatic heterocycles. The van der Waals surface area contributed by atoms with E-state index in [4.69, 9.17) is 32.7 Å². The smallest absolute Gasteiger partial charge is 0.234 e.